The van der Waals surface area contributed by atoms with Crippen molar-refractivity contribution in [3.8, 4) is 0 Å². The molecule has 0 saturated heterocycles. The third-order valence-electron chi connectivity index (χ3n) is 6.30. The van der Waals surface area contributed by atoms with E-state index in [0.717, 1.165) is 30.2 Å². The molecular formula is C31H30F3NO5. The van der Waals surface area contributed by atoms with Gasteiger partial charge >= 0.3 is 12.1 Å². The number of amides is 1. The highest BCUT2D eigenvalue weighted by atomic mass is 19.4. The Hall–Kier alpha value is -4.27. The molecular weight excluding hydrogens is 523 g/mol. The Bertz CT molecular complexity index is 1360. The molecule has 40 heavy (non-hydrogen) atoms. The third-order valence-corrected chi connectivity index (χ3v) is 6.30. The summed E-state index contributed by atoms with van der Waals surface area (Å²) in [5.74, 6) is -3.16. The summed E-state index contributed by atoms with van der Waals surface area (Å²) in [4.78, 5) is 49.8. The summed E-state index contributed by atoms with van der Waals surface area (Å²) in [5.41, 5.74) is 0.919. The lowest BCUT2D eigenvalue weighted by atomic mass is 9.84. The maximum atomic E-state index is 13.6. The number of Topliss-reactive ketones (excluding diaryl/α,β-unsaturated/α-hetero) is 2. The minimum absolute atomic E-state index is 0.0602. The standard InChI is InChI=1S/C31H30F3NO5/c1-19(2)16-20-6-8-22(9-7-20)29(39)26(18-27(36)24-4-3-5-25(17-24)31(32,33)34)21-10-12-23(13-11-21)30(40)35-15-14-28(37)38/h3-13,17,19,26H,14-16,18H2,1-2H3,(H,35,40)(H,37,38). The van der Waals surface area contributed by atoms with Gasteiger partial charge in [-0.05, 0) is 47.7 Å². The van der Waals surface area contributed by atoms with E-state index in [0.29, 0.717) is 17.0 Å². The zero-order valence-corrected chi connectivity index (χ0v) is 22.1. The molecule has 6 nitrogen and oxygen atoms in total. The van der Waals surface area contributed by atoms with E-state index in [1.54, 1.807) is 12.1 Å². The Balaban J connectivity index is 1.90. The Morgan fingerprint density at radius 3 is 2.05 bits per heavy atom. The minimum Gasteiger partial charge on any atom is -0.481 e. The van der Waals surface area contributed by atoms with Crippen molar-refractivity contribution < 1.29 is 37.5 Å². The monoisotopic (exact) mass is 553 g/mol. The van der Waals surface area contributed by atoms with Crippen molar-refractivity contribution in [2.45, 2.75) is 45.2 Å². The molecule has 2 N–H and O–H groups in total. The Kier molecular flexibility index (Phi) is 9.98. The molecule has 0 aromatic heterocycles. The van der Waals surface area contributed by atoms with Crippen molar-refractivity contribution >= 4 is 23.4 Å². The van der Waals surface area contributed by atoms with E-state index in [1.165, 1.54) is 30.3 Å². The number of hydrogen-bond donors (Lipinski definition) is 2. The van der Waals surface area contributed by atoms with Gasteiger partial charge in [-0.15, -0.1) is 0 Å². The van der Waals surface area contributed by atoms with Crippen molar-refractivity contribution in [3.63, 3.8) is 0 Å². The van der Waals surface area contributed by atoms with E-state index in [-0.39, 0.29) is 36.3 Å². The highest BCUT2D eigenvalue weighted by Gasteiger charge is 2.32. The number of rotatable bonds is 12. The van der Waals surface area contributed by atoms with Gasteiger partial charge in [0.1, 0.15) is 0 Å². The maximum Gasteiger partial charge on any atom is 0.416 e. The zero-order chi connectivity index (χ0) is 29.4. The molecule has 9 heteroatoms. The average molecular weight is 554 g/mol. The van der Waals surface area contributed by atoms with Gasteiger partial charge in [0.15, 0.2) is 11.6 Å². The molecule has 1 atom stereocenters. The fourth-order valence-corrected chi connectivity index (χ4v) is 4.26. The molecule has 0 fully saturated rings. The SMILES string of the molecule is CC(C)Cc1ccc(C(=O)C(CC(=O)c2cccc(C(F)(F)F)c2)c2ccc(C(=O)NCCC(=O)O)cc2)cc1. The van der Waals surface area contributed by atoms with E-state index in [4.69, 9.17) is 5.11 Å². The van der Waals surface area contributed by atoms with Crippen LogP contribution in [-0.4, -0.2) is 35.1 Å². The van der Waals surface area contributed by atoms with Crippen LogP contribution in [0.1, 0.15) is 80.4 Å². The van der Waals surface area contributed by atoms with Crippen LogP contribution in [0.15, 0.2) is 72.8 Å². The first-order valence-corrected chi connectivity index (χ1v) is 12.8. The predicted octanol–water partition coefficient (Wildman–Crippen LogP) is 6.35. The topological polar surface area (TPSA) is 101 Å². The molecule has 0 bridgehead atoms. The average Bonchev–Trinajstić information content (AvgIpc) is 2.91. The fourth-order valence-electron chi connectivity index (χ4n) is 4.26. The van der Waals surface area contributed by atoms with Gasteiger partial charge in [-0.1, -0.05) is 62.4 Å². The van der Waals surface area contributed by atoms with Gasteiger partial charge in [-0.3, -0.25) is 19.2 Å². The van der Waals surface area contributed by atoms with Crippen LogP contribution in [0.3, 0.4) is 0 Å². The van der Waals surface area contributed by atoms with Gasteiger partial charge in [0.2, 0.25) is 0 Å². The first-order chi connectivity index (χ1) is 18.8. The summed E-state index contributed by atoms with van der Waals surface area (Å²) in [6, 6.07) is 17.0. The summed E-state index contributed by atoms with van der Waals surface area (Å²) in [7, 11) is 0. The molecule has 210 valence electrons. The molecule has 0 spiro atoms. The van der Waals surface area contributed by atoms with Crippen LogP contribution in [0.5, 0.6) is 0 Å². The second kappa shape index (κ2) is 13.2. The van der Waals surface area contributed by atoms with E-state index < -0.39 is 35.3 Å². The minimum atomic E-state index is -4.62. The highest BCUT2D eigenvalue weighted by Crippen LogP contribution is 2.31. The van der Waals surface area contributed by atoms with Gasteiger partial charge in [-0.25, -0.2) is 0 Å². The third kappa shape index (κ3) is 8.36. The molecule has 3 rings (SSSR count). The summed E-state index contributed by atoms with van der Waals surface area (Å²) < 4.78 is 39.6. The van der Waals surface area contributed by atoms with Crippen LogP contribution < -0.4 is 5.32 Å². The number of alkyl halides is 3. The smallest absolute Gasteiger partial charge is 0.416 e. The van der Waals surface area contributed by atoms with Crippen molar-refractivity contribution in [2.24, 2.45) is 5.92 Å². The van der Waals surface area contributed by atoms with Crippen LogP contribution in [-0.2, 0) is 17.4 Å². The Morgan fingerprint density at radius 2 is 1.48 bits per heavy atom. The number of halogens is 3. The lowest BCUT2D eigenvalue weighted by Crippen LogP contribution is -2.26. The molecule has 0 aliphatic heterocycles. The first kappa shape index (κ1) is 30.3. The summed E-state index contributed by atoms with van der Waals surface area (Å²) in [5, 5.41) is 11.2. The summed E-state index contributed by atoms with van der Waals surface area (Å²) in [6.45, 7) is 4.09. The van der Waals surface area contributed by atoms with Gasteiger partial charge in [0, 0.05) is 29.7 Å². The number of aliphatic carboxylic acids is 1. The van der Waals surface area contributed by atoms with Crippen LogP contribution in [0, 0.1) is 5.92 Å². The van der Waals surface area contributed by atoms with Gasteiger partial charge in [0.25, 0.3) is 5.91 Å². The summed E-state index contributed by atoms with van der Waals surface area (Å²) in [6.07, 6.45) is -4.42. The van der Waals surface area contributed by atoms with E-state index >= 15 is 0 Å². The zero-order valence-electron chi connectivity index (χ0n) is 22.1. The van der Waals surface area contributed by atoms with Crippen molar-refractivity contribution in [1.29, 1.82) is 0 Å². The molecule has 1 unspecified atom stereocenters. The highest BCUT2D eigenvalue weighted by molar-refractivity contribution is 6.06. The second-order valence-electron chi connectivity index (χ2n) is 9.94. The van der Waals surface area contributed by atoms with Crippen LogP contribution in [0.25, 0.3) is 0 Å². The second-order valence-corrected chi connectivity index (χ2v) is 9.94. The first-order valence-electron chi connectivity index (χ1n) is 12.8. The molecule has 1 amide bonds. The molecule has 0 saturated carbocycles. The maximum absolute atomic E-state index is 13.6. The van der Waals surface area contributed by atoms with Crippen LogP contribution >= 0.6 is 0 Å². The number of carbonyl (C=O) groups is 4. The number of hydrogen-bond acceptors (Lipinski definition) is 4. The largest absolute Gasteiger partial charge is 0.481 e. The molecule has 3 aromatic rings. The van der Waals surface area contributed by atoms with E-state index in [1.807, 2.05) is 12.1 Å². The number of carbonyl (C=O) groups excluding carboxylic acids is 3. The normalized spacial score (nSPS) is 12.2. The lowest BCUT2D eigenvalue weighted by molar-refractivity contribution is -0.138. The molecule has 3 aromatic carbocycles. The Morgan fingerprint density at radius 1 is 0.850 bits per heavy atom. The number of ketones is 2. The van der Waals surface area contributed by atoms with Gasteiger partial charge in [0.05, 0.1) is 17.9 Å². The lowest BCUT2D eigenvalue weighted by Gasteiger charge is -2.17. The molecule has 0 heterocycles. The van der Waals surface area contributed by atoms with Crippen molar-refractivity contribution in [2.75, 3.05) is 6.54 Å². The number of carboxylic acid groups (broad SMARTS) is 1. The molecule has 0 aliphatic carbocycles. The van der Waals surface area contributed by atoms with E-state index in [9.17, 15) is 32.3 Å². The Labute approximate surface area is 230 Å². The number of nitrogens with one attached hydrogen (secondary N) is 1. The summed E-state index contributed by atoms with van der Waals surface area (Å²) >= 11 is 0. The van der Waals surface area contributed by atoms with Crippen molar-refractivity contribution in [3.05, 3.63) is 106 Å². The fraction of sp³-hybridized carbons (Fsp3) is 0.290. The van der Waals surface area contributed by atoms with Crippen LogP contribution in [0.2, 0.25) is 0 Å². The number of carboxylic acids is 1. The van der Waals surface area contributed by atoms with E-state index in [2.05, 4.69) is 19.2 Å². The number of benzene rings is 3. The van der Waals surface area contributed by atoms with Crippen LogP contribution in [0.4, 0.5) is 13.2 Å². The molecule has 0 radical (unpaired) electrons. The predicted molar refractivity (Wildman–Crippen MR) is 143 cm³/mol. The van der Waals surface area contributed by atoms with Crippen molar-refractivity contribution in [1.82, 2.24) is 5.32 Å². The van der Waals surface area contributed by atoms with Gasteiger partial charge in [-0.2, -0.15) is 13.2 Å². The molecule has 0 aliphatic rings. The quantitative estimate of drug-likeness (QED) is 0.255. The van der Waals surface area contributed by atoms with Gasteiger partial charge < -0.3 is 10.4 Å².